The average molecular weight is 185 g/mol. The molecule has 1 atom stereocenters. The van der Waals surface area contributed by atoms with Gasteiger partial charge < -0.3 is 5.73 Å². The van der Waals surface area contributed by atoms with E-state index in [9.17, 15) is 0 Å². The molecule has 1 fully saturated rings. The van der Waals surface area contributed by atoms with Crippen LogP contribution in [0.3, 0.4) is 0 Å². The molecule has 0 amide bonds. The lowest BCUT2D eigenvalue weighted by molar-refractivity contribution is 0.232. The van der Waals surface area contributed by atoms with Gasteiger partial charge in [0, 0.05) is 12.3 Å². The fourth-order valence-electron chi connectivity index (χ4n) is 1.32. The first kappa shape index (κ1) is 9.94. The number of nitrogens with two attached hydrogens (primary N) is 1. The van der Waals surface area contributed by atoms with Gasteiger partial charge in [-0.1, -0.05) is 0 Å². The first-order valence-corrected chi connectivity index (χ1v) is 4.21. The van der Waals surface area contributed by atoms with Crippen molar-refractivity contribution in [1.82, 2.24) is 10.4 Å². The summed E-state index contributed by atoms with van der Waals surface area (Å²) in [5.74, 6) is -0.100. The Kier molecular flexibility index (Phi) is 3.66. The van der Waals surface area contributed by atoms with E-state index in [4.69, 9.17) is 10.9 Å². The highest BCUT2D eigenvalue weighted by atomic mass is 16.5. The van der Waals surface area contributed by atoms with Crippen molar-refractivity contribution in [3.8, 4) is 0 Å². The van der Waals surface area contributed by atoms with Crippen molar-refractivity contribution in [2.24, 2.45) is 15.9 Å². The number of nitrogens with one attached hydrogen (secondary N) is 1. The van der Waals surface area contributed by atoms with Crippen LogP contribution in [-0.2, 0) is 0 Å². The van der Waals surface area contributed by atoms with Gasteiger partial charge in [0.1, 0.15) is 0 Å². The average Bonchev–Trinajstić information content (AvgIpc) is 2.52. The Morgan fingerprint density at radius 1 is 1.77 bits per heavy atom. The third-order valence-corrected chi connectivity index (χ3v) is 2.10. The molecule has 0 spiro atoms. The third kappa shape index (κ3) is 3.00. The summed E-state index contributed by atoms with van der Waals surface area (Å²) in [5.41, 5.74) is 6.86. The molecule has 1 rings (SSSR count). The van der Waals surface area contributed by atoms with Crippen molar-refractivity contribution >= 4 is 12.2 Å². The molecule has 1 heterocycles. The highest BCUT2D eigenvalue weighted by Gasteiger charge is 2.18. The number of hydrogen-bond acceptors (Lipinski definition) is 4. The summed E-state index contributed by atoms with van der Waals surface area (Å²) in [4.78, 5) is 2.20. The van der Waals surface area contributed by atoms with Crippen molar-refractivity contribution < 1.29 is 5.21 Å². The third-order valence-electron chi connectivity index (χ3n) is 2.10. The molecule has 6 heteroatoms. The molecule has 0 bridgehead atoms. The Labute approximate surface area is 77.1 Å². The second-order valence-electron chi connectivity index (χ2n) is 3.05. The first-order valence-electron chi connectivity index (χ1n) is 4.21. The van der Waals surface area contributed by atoms with Crippen LogP contribution in [0.4, 0.5) is 0 Å². The number of likely N-dealkylation sites (tertiary alicyclic amines) is 1. The number of guanidine groups is 1. The molecular weight excluding hydrogens is 170 g/mol. The van der Waals surface area contributed by atoms with Crippen LogP contribution >= 0.6 is 0 Å². The minimum absolute atomic E-state index is 0.100. The molecular formula is C7H15N5O. The largest absolute Gasteiger partial charge is 0.367 e. The second-order valence-corrected chi connectivity index (χ2v) is 3.05. The molecule has 1 unspecified atom stereocenters. The summed E-state index contributed by atoms with van der Waals surface area (Å²) >= 11 is 0. The van der Waals surface area contributed by atoms with E-state index in [-0.39, 0.29) is 5.96 Å². The van der Waals surface area contributed by atoms with Crippen molar-refractivity contribution in [1.29, 1.82) is 0 Å². The maximum absolute atomic E-state index is 8.29. The Morgan fingerprint density at radius 3 is 3.08 bits per heavy atom. The summed E-state index contributed by atoms with van der Waals surface area (Å²) in [5, 5.41) is 15.6. The van der Waals surface area contributed by atoms with Crippen LogP contribution in [-0.4, -0.2) is 41.9 Å². The van der Waals surface area contributed by atoms with Crippen molar-refractivity contribution in [3.63, 3.8) is 0 Å². The zero-order valence-corrected chi connectivity index (χ0v) is 7.64. The van der Waals surface area contributed by atoms with Crippen molar-refractivity contribution in [2.45, 2.75) is 18.9 Å². The quantitative estimate of drug-likeness (QED) is 0.303. The predicted octanol–water partition coefficient (Wildman–Crippen LogP) is -0.640. The maximum Gasteiger partial charge on any atom is 0.237 e. The van der Waals surface area contributed by atoms with Crippen molar-refractivity contribution in [2.75, 3.05) is 13.6 Å². The summed E-state index contributed by atoms with van der Waals surface area (Å²) in [6, 6.07) is 0.343. The molecule has 0 aromatic heterocycles. The van der Waals surface area contributed by atoms with E-state index in [1.54, 1.807) is 11.7 Å². The molecule has 0 aromatic carbocycles. The van der Waals surface area contributed by atoms with E-state index in [0.29, 0.717) is 6.04 Å². The lowest BCUT2D eigenvalue weighted by atomic mass is 10.2. The molecule has 1 saturated heterocycles. The van der Waals surface area contributed by atoms with Gasteiger partial charge in [-0.3, -0.25) is 10.1 Å². The number of hydrogen-bond donors (Lipinski definition) is 3. The number of hydroxylamine groups is 1. The highest BCUT2D eigenvalue weighted by Crippen LogP contribution is 2.12. The Morgan fingerprint density at radius 2 is 2.54 bits per heavy atom. The van der Waals surface area contributed by atoms with Gasteiger partial charge >= 0.3 is 0 Å². The fraction of sp³-hybridized carbons (Fsp3) is 0.714. The molecule has 1 aliphatic heterocycles. The zero-order chi connectivity index (χ0) is 9.68. The van der Waals surface area contributed by atoms with Gasteiger partial charge in [0.2, 0.25) is 5.96 Å². The molecule has 13 heavy (non-hydrogen) atoms. The SMILES string of the molecule is CN1CCCC1/C=N/N=C(/N)NO. The Balaban J connectivity index is 2.39. The van der Waals surface area contributed by atoms with Crippen LogP contribution in [0.15, 0.2) is 10.2 Å². The minimum Gasteiger partial charge on any atom is -0.367 e. The molecule has 0 radical (unpaired) electrons. The topological polar surface area (TPSA) is 86.2 Å². The summed E-state index contributed by atoms with van der Waals surface area (Å²) in [6.45, 7) is 1.09. The highest BCUT2D eigenvalue weighted by molar-refractivity contribution is 5.77. The fourth-order valence-corrected chi connectivity index (χ4v) is 1.32. The van der Waals surface area contributed by atoms with Gasteiger partial charge in [-0.15, -0.1) is 5.10 Å². The van der Waals surface area contributed by atoms with E-state index in [1.807, 2.05) is 7.05 Å². The summed E-state index contributed by atoms with van der Waals surface area (Å²) < 4.78 is 0. The predicted molar refractivity (Wildman–Crippen MR) is 50.7 cm³/mol. The lowest BCUT2D eigenvalue weighted by Gasteiger charge is -2.12. The van der Waals surface area contributed by atoms with Crippen LogP contribution in [0.1, 0.15) is 12.8 Å². The van der Waals surface area contributed by atoms with Crippen LogP contribution in [0.5, 0.6) is 0 Å². The standard InChI is InChI=1S/C7H15N5O/c1-12-4-2-3-6(12)5-9-10-7(8)11-13/h5-6,13H,2-4H2,1H3,(H3,8,10,11)/b9-5+. The first-order chi connectivity index (χ1) is 6.24. The van der Waals surface area contributed by atoms with Gasteiger partial charge in [-0.25, -0.2) is 5.48 Å². The minimum atomic E-state index is -0.100. The van der Waals surface area contributed by atoms with Crippen LogP contribution in [0, 0.1) is 0 Å². The molecule has 0 aliphatic carbocycles. The molecule has 0 aromatic rings. The number of nitrogens with zero attached hydrogens (tertiary/aromatic N) is 3. The van der Waals surface area contributed by atoms with Crippen LogP contribution in [0.25, 0.3) is 0 Å². The van der Waals surface area contributed by atoms with Gasteiger partial charge in [-0.2, -0.15) is 5.10 Å². The van der Waals surface area contributed by atoms with Gasteiger partial charge in [0.15, 0.2) is 0 Å². The molecule has 1 aliphatic rings. The second kappa shape index (κ2) is 4.78. The summed E-state index contributed by atoms with van der Waals surface area (Å²) in [6.07, 6.45) is 4.02. The normalized spacial score (nSPS) is 25.7. The zero-order valence-electron chi connectivity index (χ0n) is 7.64. The Bertz CT molecular complexity index is 215. The van der Waals surface area contributed by atoms with E-state index >= 15 is 0 Å². The Hall–Kier alpha value is -1.14. The van der Waals surface area contributed by atoms with Gasteiger partial charge in [0.25, 0.3) is 0 Å². The molecule has 6 nitrogen and oxygen atoms in total. The molecule has 4 N–H and O–H groups in total. The van der Waals surface area contributed by atoms with E-state index in [0.717, 1.165) is 13.0 Å². The van der Waals surface area contributed by atoms with E-state index in [2.05, 4.69) is 15.1 Å². The monoisotopic (exact) mass is 185 g/mol. The van der Waals surface area contributed by atoms with Gasteiger partial charge in [-0.05, 0) is 26.4 Å². The van der Waals surface area contributed by atoms with Crippen LogP contribution in [0.2, 0.25) is 0 Å². The van der Waals surface area contributed by atoms with Crippen molar-refractivity contribution in [3.05, 3.63) is 0 Å². The summed E-state index contributed by atoms with van der Waals surface area (Å²) in [7, 11) is 2.04. The van der Waals surface area contributed by atoms with Gasteiger partial charge in [0.05, 0.1) is 0 Å². The van der Waals surface area contributed by atoms with E-state index < -0.39 is 0 Å². The maximum atomic E-state index is 8.29. The smallest absolute Gasteiger partial charge is 0.237 e. The molecule has 0 saturated carbocycles. The van der Waals surface area contributed by atoms with Crippen LogP contribution < -0.4 is 11.2 Å². The molecule has 74 valence electrons. The lowest BCUT2D eigenvalue weighted by Crippen LogP contribution is -2.28. The number of rotatable bonds is 2. The van der Waals surface area contributed by atoms with E-state index in [1.165, 1.54) is 6.42 Å².